The van der Waals surface area contributed by atoms with Crippen molar-refractivity contribution in [2.24, 2.45) is 0 Å². The van der Waals surface area contributed by atoms with E-state index in [4.69, 9.17) is 15.8 Å². The summed E-state index contributed by atoms with van der Waals surface area (Å²) in [5.41, 5.74) is 0.959. The molecule has 0 heterocycles. The quantitative estimate of drug-likeness (QED) is 0.590. The van der Waals surface area contributed by atoms with E-state index in [2.05, 4.69) is 0 Å². The van der Waals surface area contributed by atoms with Gasteiger partial charge < -0.3 is 4.18 Å². The standard InChI is InChI=1S/C9H11ClO3S/c1-14(11,12)13-9-4-2-3-8(7-9)5-6-10/h2-4,7H,5-6H2,1H3. The van der Waals surface area contributed by atoms with Gasteiger partial charge in [-0.3, -0.25) is 0 Å². The van der Waals surface area contributed by atoms with Crippen LogP contribution >= 0.6 is 11.6 Å². The van der Waals surface area contributed by atoms with Crippen LogP contribution in [-0.2, 0) is 16.5 Å². The average Bonchev–Trinajstić information content (AvgIpc) is 2.02. The molecule has 0 amide bonds. The first-order valence-electron chi connectivity index (χ1n) is 4.05. The topological polar surface area (TPSA) is 43.4 Å². The summed E-state index contributed by atoms with van der Waals surface area (Å²) in [5.74, 6) is 0.831. The normalized spacial score (nSPS) is 11.3. The Labute approximate surface area is 88.8 Å². The molecule has 0 saturated carbocycles. The number of aryl methyl sites for hydroxylation is 1. The van der Waals surface area contributed by atoms with Gasteiger partial charge in [0.2, 0.25) is 0 Å². The Bertz CT molecular complexity index is 400. The molecule has 0 aliphatic heterocycles. The molecule has 1 rings (SSSR count). The van der Waals surface area contributed by atoms with Gasteiger partial charge in [-0.05, 0) is 24.1 Å². The number of benzene rings is 1. The molecule has 78 valence electrons. The summed E-state index contributed by atoms with van der Waals surface area (Å²) in [6, 6.07) is 6.88. The number of alkyl halides is 1. The van der Waals surface area contributed by atoms with Crippen LogP contribution in [0.1, 0.15) is 5.56 Å². The fourth-order valence-corrected chi connectivity index (χ4v) is 1.71. The lowest BCUT2D eigenvalue weighted by Gasteiger charge is -2.04. The van der Waals surface area contributed by atoms with E-state index in [1.807, 2.05) is 6.07 Å². The van der Waals surface area contributed by atoms with E-state index >= 15 is 0 Å². The van der Waals surface area contributed by atoms with Crippen molar-refractivity contribution in [1.82, 2.24) is 0 Å². The first kappa shape index (κ1) is 11.3. The van der Waals surface area contributed by atoms with Gasteiger partial charge in [0.25, 0.3) is 0 Å². The molecule has 0 aromatic heterocycles. The van der Waals surface area contributed by atoms with E-state index < -0.39 is 10.1 Å². The second kappa shape index (κ2) is 4.66. The van der Waals surface area contributed by atoms with Crippen LogP contribution in [0.25, 0.3) is 0 Å². The third kappa shape index (κ3) is 3.98. The van der Waals surface area contributed by atoms with Crippen LogP contribution in [0.3, 0.4) is 0 Å². The van der Waals surface area contributed by atoms with Gasteiger partial charge in [-0.2, -0.15) is 8.42 Å². The Hall–Kier alpha value is -0.740. The summed E-state index contributed by atoms with van der Waals surface area (Å²) in [5, 5.41) is 0. The Morgan fingerprint density at radius 1 is 1.43 bits per heavy atom. The van der Waals surface area contributed by atoms with Crippen molar-refractivity contribution in [2.45, 2.75) is 6.42 Å². The van der Waals surface area contributed by atoms with Crippen molar-refractivity contribution in [3.8, 4) is 5.75 Å². The highest BCUT2D eigenvalue weighted by atomic mass is 35.5. The Morgan fingerprint density at radius 3 is 2.71 bits per heavy atom. The van der Waals surface area contributed by atoms with Crippen LogP contribution in [0, 0.1) is 0 Å². The summed E-state index contributed by atoms with van der Waals surface area (Å²) in [4.78, 5) is 0. The third-order valence-electron chi connectivity index (χ3n) is 1.53. The molecule has 14 heavy (non-hydrogen) atoms. The molecule has 0 aliphatic carbocycles. The molecule has 0 spiro atoms. The predicted octanol–water partition coefficient (Wildman–Crippen LogP) is 1.81. The lowest BCUT2D eigenvalue weighted by Crippen LogP contribution is -2.05. The number of hydrogen-bond acceptors (Lipinski definition) is 3. The molecule has 5 heteroatoms. The smallest absolute Gasteiger partial charge is 0.306 e. The second-order valence-electron chi connectivity index (χ2n) is 2.87. The van der Waals surface area contributed by atoms with Crippen molar-refractivity contribution in [3.05, 3.63) is 29.8 Å². The Balaban J connectivity index is 2.83. The van der Waals surface area contributed by atoms with Crippen LogP contribution in [0.5, 0.6) is 5.75 Å². The van der Waals surface area contributed by atoms with Crippen molar-refractivity contribution in [3.63, 3.8) is 0 Å². The van der Waals surface area contributed by atoms with Gasteiger partial charge in [0, 0.05) is 5.88 Å². The van der Waals surface area contributed by atoms with E-state index in [1.54, 1.807) is 18.2 Å². The molecule has 0 atom stereocenters. The van der Waals surface area contributed by atoms with E-state index in [1.165, 1.54) is 0 Å². The molecule has 0 radical (unpaired) electrons. The highest BCUT2D eigenvalue weighted by Gasteiger charge is 2.04. The van der Waals surface area contributed by atoms with Crippen LogP contribution in [0.15, 0.2) is 24.3 Å². The lowest BCUT2D eigenvalue weighted by atomic mass is 10.2. The summed E-state index contributed by atoms with van der Waals surface area (Å²) in [6.45, 7) is 0. The van der Waals surface area contributed by atoms with Crippen molar-refractivity contribution in [2.75, 3.05) is 12.1 Å². The maximum absolute atomic E-state index is 10.8. The monoisotopic (exact) mass is 234 g/mol. The molecule has 1 aromatic carbocycles. The van der Waals surface area contributed by atoms with Gasteiger partial charge in [0.1, 0.15) is 5.75 Å². The molecule has 0 bridgehead atoms. The molecular weight excluding hydrogens is 224 g/mol. The Morgan fingerprint density at radius 2 is 2.14 bits per heavy atom. The lowest BCUT2D eigenvalue weighted by molar-refractivity contribution is 0.492. The minimum Gasteiger partial charge on any atom is -0.383 e. The fraction of sp³-hybridized carbons (Fsp3) is 0.333. The summed E-state index contributed by atoms with van der Waals surface area (Å²) in [7, 11) is -3.44. The van der Waals surface area contributed by atoms with Crippen LogP contribution in [-0.4, -0.2) is 20.6 Å². The second-order valence-corrected chi connectivity index (χ2v) is 4.83. The van der Waals surface area contributed by atoms with Gasteiger partial charge in [0.15, 0.2) is 0 Å². The molecular formula is C9H11ClO3S. The number of rotatable bonds is 4. The Kier molecular flexibility index (Phi) is 3.77. The van der Waals surface area contributed by atoms with Crippen molar-refractivity contribution in [1.29, 1.82) is 0 Å². The number of halogens is 1. The predicted molar refractivity (Wildman–Crippen MR) is 56.3 cm³/mol. The largest absolute Gasteiger partial charge is 0.383 e. The van der Waals surface area contributed by atoms with E-state index in [-0.39, 0.29) is 0 Å². The zero-order chi connectivity index (χ0) is 10.6. The molecule has 0 unspecified atom stereocenters. The van der Waals surface area contributed by atoms with Crippen molar-refractivity contribution >= 4 is 21.7 Å². The van der Waals surface area contributed by atoms with E-state index in [0.717, 1.165) is 11.8 Å². The molecule has 0 N–H and O–H groups in total. The molecule has 3 nitrogen and oxygen atoms in total. The molecule has 0 aliphatic rings. The van der Waals surface area contributed by atoms with Gasteiger partial charge in [-0.25, -0.2) is 0 Å². The molecule has 0 fully saturated rings. The summed E-state index contributed by atoms with van der Waals surface area (Å²) in [6.07, 6.45) is 1.71. The van der Waals surface area contributed by atoms with Gasteiger partial charge in [-0.15, -0.1) is 11.6 Å². The fourth-order valence-electron chi connectivity index (χ4n) is 1.04. The van der Waals surface area contributed by atoms with Gasteiger partial charge in [-0.1, -0.05) is 12.1 Å². The number of hydrogen-bond donors (Lipinski definition) is 0. The highest BCUT2D eigenvalue weighted by molar-refractivity contribution is 7.86. The highest BCUT2D eigenvalue weighted by Crippen LogP contribution is 2.15. The summed E-state index contributed by atoms with van der Waals surface area (Å²) < 4.78 is 26.4. The minimum atomic E-state index is -3.44. The zero-order valence-electron chi connectivity index (χ0n) is 7.73. The van der Waals surface area contributed by atoms with Crippen LogP contribution in [0.2, 0.25) is 0 Å². The van der Waals surface area contributed by atoms with Crippen molar-refractivity contribution < 1.29 is 12.6 Å². The third-order valence-corrected chi connectivity index (χ3v) is 2.21. The zero-order valence-corrected chi connectivity index (χ0v) is 9.31. The maximum Gasteiger partial charge on any atom is 0.306 e. The average molecular weight is 235 g/mol. The SMILES string of the molecule is CS(=O)(=O)Oc1cccc(CCCl)c1. The van der Waals surface area contributed by atoms with Gasteiger partial charge >= 0.3 is 10.1 Å². The first-order valence-corrected chi connectivity index (χ1v) is 6.41. The molecule has 1 aromatic rings. The van der Waals surface area contributed by atoms with Crippen LogP contribution in [0.4, 0.5) is 0 Å². The minimum absolute atomic E-state index is 0.329. The van der Waals surface area contributed by atoms with E-state index in [0.29, 0.717) is 18.1 Å². The van der Waals surface area contributed by atoms with Gasteiger partial charge in [0.05, 0.1) is 6.26 Å². The van der Waals surface area contributed by atoms with Crippen LogP contribution < -0.4 is 4.18 Å². The maximum atomic E-state index is 10.8. The summed E-state index contributed by atoms with van der Waals surface area (Å²) >= 11 is 5.56. The molecule has 0 saturated heterocycles. The first-order chi connectivity index (χ1) is 6.51. The van der Waals surface area contributed by atoms with E-state index in [9.17, 15) is 8.42 Å².